The summed E-state index contributed by atoms with van der Waals surface area (Å²) in [4.78, 5) is 24.7. The molecule has 4 nitrogen and oxygen atoms in total. The topological polar surface area (TPSA) is 72.2 Å². The summed E-state index contributed by atoms with van der Waals surface area (Å²) in [5, 5.41) is 3.22. The van der Waals surface area contributed by atoms with Crippen molar-refractivity contribution in [3.63, 3.8) is 0 Å². The molecule has 0 aliphatic rings. The Balaban J connectivity index is 2.25. The van der Waals surface area contributed by atoms with Crippen molar-refractivity contribution < 1.29 is 14.0 Å². The summed E-state index contributed by atoms with van der Waals surface area (Å²) in [5.74, 6) is -1.61. The number of hydrogen-bond acceptors (Lipinski definition) is 3. The molecule has 0 aliphatic heterocycles. The molecule has 0 unspecified atom stereocenters. The van der Waals surface area contributed by atoms with Crippen molar-refractivity contribution in [1.29, 1.82) is 0 Å². The van der Waals surface area contributed by atoms with Gasteiger partial charge in [0.25, 0.3) is 5.91 Å². The van der Waals surface area contributed by atoms with Gasteiger partial charge in [-0.15, -0.1) is 11.3 Å². The molecule has 24 heavy (non-hydrogen) atoms. The average molecular weight is 367 g/mol. The van der Waals surface area contributed by atoms with E-state index in [0.717, 1.165) is 16.5 Å². The number of anilines is 1. The molecule has 1 aromatic carbocycles. The Labute approximate surface area is 148 Å². The van der Waals surface area contributed by atoms with E-state index in [-0.39, 0.29) is 10.6 Å². The highest BCUT2D eigenvalue weighted by Crippen LogP contribution is 2.33. The molecule has 0 spiro atoms. The minimum atomic E-state index is -0.590. The molecule has 0 aliphatic carbocycles. The van der Waals surface area contributed by atoms with Gasteiger partial charge < -0.3 is 11.1 Å². The van der Waals surface area contributed by atoms with Gasteiger partial charge in [0.15, 0.2) is 0 Å². The lowest BCUT2D eigenvalue weighted by atomic mass is 10.1. The quantitative estimate of drug-likeness (QED) is 0.780. The highest BCUT2D eigenvalue weighted by atomic mass is 35.5. The third kappa shape index (κ3) is 3.83. The van der Waals surface area contributed by atoms with Gasteiger partial charge in [-0.1, -0.05) is 24.6 Å². The van der Waals surface area contributed by atoms with E-state index in [1.807, 2.05) is 13.8 Å². The van der Waals surface area contributed by atoms with E-state index in [1.165, 1.54) is 35.6 Å². The van der Waals surface area contributed by atoms with Crippen molar-refractivity contribution >= 4 is 45.8 Å². The summed E-state index contributed by atoms with van der Waals surface area (Å²) in [5.41, 5.74) is 6.69. The Kier molecular flexibility index (Phi) is 5.75. The largest absolute Gasteiger partial charge is 0.365 e. The van der Waals surface area contributed by atoms with Crippen LogP contribution in [-0.4, -0.2) is 11.8 Å². The summed E-state index contributed by atoms with van der Waals surface area (Å²) < 4.78 is 13.7. The first kappa shape index (κ1) is 18.2. The zero-order chi connectivity index (χ0) is 17.9. The van der Waals surface area contributed by atoms with E-state index in [4.69, 9.17) is 17.3 Å². The van der Waals surface area contributed by atoms with Crippen molar-refractivity contribution in [3.05, 3.63) is 56.7 Å². The molecule has 2 rings (SSSR count). The lowest BCUT2D eigenvalue weighted by molar-refractivity contribution is -0.111. The first-order chi connectivity index (χ1) is 11.3. The number of rotatable bonds is 5. The molecule has 1 heterocycles. The number of carbonyl (C=O) groups excluding carboxylic acids is 2. The number of thiophene rings is 1. The van der Waals surface area contributed by atoms with Crippen LogP contribution in [0.25, 0.3) is 6.08 Å². The molecular formula is C17H16ClFN2O2S. The van der Waals surface area contributed by atoms with Crippen molar-refractivity contribution in [2.24, 2.45) is 5.73 Å². The maximum Gasteiger partial charge on any atom is 0.251 e. The molecule has 126 valence electrons. The first-order valence-corrected chi connectivity index (χ1v) is 8.39. The molecule has 1 aromatic heterocycles. The van der Waals surface area contributed by atoms with Crippen LogP contribution < -0.4 is 11.1 Å². The number of aryl methyl sites for hydroxylation is 1. The standard InChI is InChI=1S/C17H16ClFN2O2S/c1-3-10-9(2)24-17(15(10)16(20)23)21-14(22)8-7-11-12(18)5-4-6-13(11)19/h4-8H,3H2,1-2H3,(H2,20,23)(H,21,22). The Morgan fingerprint density at radius 1 is 1.42 bits per heavy atom. The highest BCUT2D eigenvalue weighted by molar-refractivity contribution is 7.16. The summed E-state index contributed by atoms with van der Waals surface area (Å²) in [7, 11) is 0. The Morgan fingerprint density at radius 2 is 2.12 bits per heavy atom. The number of carbonyl (C=O) groups is 2. The van der Waals surface area contributed by atoms with Gasteiger partial charge in [-0.2, -0.15) is 0 Å². The lowest BCUT2D eigenvalue weighted by Gasteiger charge is -2.04. The lowest BCUT2D eigenvalue weighted by Crippen LogP contribution is -2.16. The fourth-order valence-electron chi connectivity index (χ4n) is 2.34. The molecule has 0 radical (unpaired) electrons. The number of amides is 2. The fraction of sp³-hybridized carbons (Fsp3) is 0.176. The molecular weight excluding hydrogens is 351 g/mol. The predicted octanol–water partition coefficient (Wildman–Crippen LogP) is 4.16. The molecule has 0 saturated heterocycles. The van der Waals surface area contributed by atoms with E-state index in [0.29, 0.717) is 17.0 Å². The zero-order valence-corrected chi connectivity index (χ0v) is 14.7. The van der Waals surface area contributed by atoms with Crippen molar-refractivity contribution in [2.45, 2.75) is 20.3 Å². The van der Waals surface area contributed by atoms with Gasteiger partial charge in [0, 0.05) is 16.5 Å². The van der Waals surface area contributed by atoms with Gasteiger partial charge in [-0.05, 0) is 37.1 Å². The van der Waals surface area contributed by atoms with E-state index in [9.17, 15) is 14.0 Å². The number of primary amides is 1. The minimum Gasteiger partial charge on any atom is -0.365 e. The Morgan fingerprint density at radius 3 is 2.71 bits per heavy atom. The predicted molar refractivity (Wildman–Crippen MR) is 96.0 cm³/mol. The fourth-order valence-corrected chi connectivity index (χ4v) is 3.71. The number of halogens is 2. The average Bonchev–Trinajstić information content (AvgIpc) is 2.82. The Bertz CT molecular complexity index is 810. The van der Waals surface area contributed by atoms with E-state index in [2.05, 4.69) is 5.32 Å². The summed E-state index contributed by atoms with van der Waals surface area (Å²) in [6.07, 6.45) is 3.09. The van der Waals surface area contributed by atoms with E-state index < -0.39 is 17.6 Å². The van der Waals surface area contributed by atoms with Gasteiger partial charge in [-0.3, -0.25) is 9.59 Å². The second kappa shape index (κ2) is 7.59. The minimum absolute atomic E-state index is 0.126. The van der Waals surface area contributed by atoms with Crippen molar-refractivity contribution in [3.8, 4) is 0 Å². The van der Waals surface area contributed by atoms with Gasteiger partial charge in [-0.25, -0.2) is 4.39 Å². The second-order valence-electron chi connectivity index (χ2n) is 5.02. The van der Waals surface area contributed by atoms with Gasteiger partial charge in [0.1, 0.15) is 10.8 Å². The molecule has 0 atom stereocenters. The molecule has 0 saturated carbocycles. The van der Waals surface area contributed by atoms with Crippen LogP contribution in [0.15, 0.2) is 24.3 Å². The van der Waals surface area contributed by atoms with Crippen molar-refractivity contribution in [1.82, 2.24) is 0 Å². The van der Waals surface area contributed by atoms with Crippen LogP contribution in [0.2, 0.25) is 5.02 Å². The van der Waals surface area contributed by atoms with Crippen molar-refractivity contribution in [2.75, 3.05) is 5.32 Å². The highest BCUT2D eigenvalue weighted by Gasteiger charge is 2.19. The molecule has 0 fully saturated rings. The molecule has 2 amide bonds. The zero-order valence-electron chi connectivity index (χ0n) is 13.2. The maximum atomic E-state index is 13.7. The number of hydrogen-bond donors (Lipinski definition) is 2. The van der Waals surface area contributed by atoms with Crippen LogP contribution in [0.3, 0.4) is 0 Å². The van der Waals surface area contributed by atoms with E-state index in [1.54, 1.807) is 0 Å². The molecule has 2 aromatic rings. The number of benzene rings is 1. The molecule has 3 N–H and O–H groups in total. The Hall–Kier alpha value is -2.18. The van der Waals surface area contributed by atoms with Gasteiger partial charge in [0.05, 0.1) is 10.6 Å². The van der Waals surface area contributed by atoms with Gasteiger partial charge >= 0.3 is 0 Å². The second-order valence-corrected chi connectivity index (χ2v) is 6.65. The molecule has 7 heteroatoms. The van der Waals surface area contributed by atoms with Crippen LogP contribution in [0.5, 0.6) is 0 Å². The normalized spacial score (nSPS) is 11.0. The van der Waals surface area contributed by atoms with Crippen LogP contribution >= 0.6 is 22.9 Å². The summed E-state index contributed by atoms with van der Waals surface area (Å²) >= 11 is 7.18. The summed E-state index contributed by atoms with van der Waals surface area (Å²) in [6, 6.07) is 4.27. The number of nitrogens with one attached hydrogen (secondary N) is 1. The molecule has 0 bridgehead atoms. The maximum absolute atomic E-state index is 13.7. The van der Waals surface area contributed by atoms with Crippen LogP contribution in [0, 0.1) is 12.7 Å². The summed E-state index contributed by atoms with van der Waals surface area (Å²) in [6.45, 7) is 3.77. The smallest absolute Gasteiger partial charge is 0.251 e. The first-order valence-electron chi connectivity index (χ1n) is 7.20. The van der Waals surface area contributed by atoms with Crippen LogP contribution in [0.1, 0.15) is 33.3 Å². The van der Waals surface area contributed by atoms with Crippen LogP contribution in [0.4, 0.5) is 9.39 Å². The van der Waals surface area contributed by atoms with E-state index >= 15 is 0 Å². The van der Waals surface area contributed by atoms with Gasteiger partial charge in [0.2, 0.25) is 5.91 Å². The van der Waals surface area contributed by atoms with Crippen LogP contribution in [-0.2, 0) is 11.2 Å². The third-order valence-corrected chi connectivity index (χ3v) is 4.84. The monoisotopic (exact) mass is 366 g/mol. The third-order valence-electron chi connectivity index (χ3n) is 3.45. The SMILES string of the molecule is CCc1c(C)sc(NC(=O)C=Cc2c(F)cccc2Cl)c1C(N)=O. The number of nitrogens with two attached hydrogens (primary N) is 1.